The van der Waals surface area contributed by atoms with Gasteiger partial charge in [0.15, 0.2) is 0 Å². The van der Waals surface area contributed by atoms with Crippen LogP contribution in [0.15, 0.2) is 35.4 Å². The lowest BCUT2D eigenvalue weighted by Crippen LogP contribution is -2.37. The molecule has 10 heteroatoms. The molecular weight excluding hydrogens is 407 g/mol. The number of benzene rings is 1. The van der Waals surface area contributed by atoms with Crippen molar-refractivity contribution in [1.82, 2.24) is 25.0 Å². The van der Waals surface area contributed by atoms with Crippen molar-refractivity contribution in [2.24, 2.45) is 0 Å². The fraction of sp³-hybridized carbons (Fsp3) is 0.368. The minimum absolute atomic E-state index is 0.0449. The van der Waals surface area contributed by atoms with Crippen LogP contribution in [0.25, 0.3) is 0 Å². The number of H-pyrrole nitrogens is 1. The van der Waals surface area contributed by atoms with Gasteiger partial charge in [-0.3, -0.25) is 4.79 Å². The highest BCUT2D eigenvalue weighted by Crippen LogP contribution is 2.42. The van der Waals surface area contributed by atoms with Crippen molar-refractivity contribution < 1.29 is 13.2 Å². The molecule has 4 rings (SSSR count). The van der Waals surface area contributed by atoms with E-state index in [9.17, 15) is 18.0 Å². The molecule has 6 nitrogen and oxygen atoms in total. The summed E-state index contributed by atoms with van der Waals surface area (Å²) in [5, 5.41) is 8.60. The first-order chi connectivity index (χ1) is 13.7. The third-order valence-electron chi connectivity index (χ3n) is 5.35. The molecule has 0 radical (unpaired) electrons. The first kappa shape index (κ1) is 19.6. The van der Waals surface area contributed by atoms with Crippen molar-refractivity contribution in [2.75, 3.05) is 0 Å². The summed E-state index contributed by atoms with van der Waals surface area (Å²) in [6.07, 6.45) is -0.592. The Hall–Kier alpha value is -2.68. The predicted molar refractivity (Wildman–Crippen MR) is 99.8 cm³/mol. The highest BCUT2D eigenvalue weighted by molar-refractivity contribution is 6.31. The molecule has 0 aliphatic carbocycles. The Bertz CT molecular complexity index is 1120. The molecule has 0 fully saturated rings. The number of nitrogens with one attached hydrogen (secondary N) is 1. The van der Waals surface area contributed by atoms with Crippen molar-refractivity contribution in [3.05, 3.63) is 74.2 Å². The molecule has 1 atom stereocenters. The fourth-order valence-corrected chi connectivity index (χ4v) is 4.26. The van der Waals surface area contributed by atoms with Crippen LogP contribution in [0.5, 0.6) is 0 Å². The van der Waals surface area contributed by atoms with Crippen LogP contribution >= 0.6 is 11.6 Å². The molecule has 3 heterocycles. The minimum Gasteiger partial charge on any atom is -0.313 e. The van der Waals surface area contributed by atoms with Gasteiger partial charge in [0.2, 0.25) is 0 Å². The molecule has 2 aromatic heterocycles. The van der Waals surface area contributed by atoms with Gasteiger partial charge in [0.25, 0.3) is 5.56 Å². The summed E-state index contributed by atoms with van der Waals surface area (Å²) < 4.78 is 40.7. The van der Waals surface area contributed by atoms with Gasteiger partial charge in [0, 0.05) is 17.5 Å². The zero-order valence-electron chi connectivity index (χ0n) is 15.4. The van der Waals surface area contributed by atoms with Gasteiger partial charge in [-0.05, 0) is 43.9 Å². The molecule has 0 saturated carbocycles. The highest BCUT2D eigenvalue weighted by atomic mass is 35.5. The van der Waals surface area contributed by atoms with E-state index in [1.54, 1.807) is 4.68 Å². The zero-order chi connectivity index (χ0) is 20.8. The molecule has 3 aromatic rings. The Morgan fingerprint density at radius 1 is 1.31 bits per heavy atom. The average Bonchev–Trinajstić information content (AvgIpc) is 3.05. The van der Waals surface area contributed by atoms with E-state index in [2.05, 4.69) is 20.3 Å². The smallest absolute Gasteiger partial charge is 0.313 e. The number of aromatic amines is 1. The van der Waals surface area contributed by atoms with Gasteiger partial charge < -0.3 is 4.98 Å². The summed E-state index contributed by atoms with van der Waals surface area (Å²) in [6.45, 7) is 1.90. The van der Waals surface area contributed by atoms with E-state index in [1.807, 2.05) is 6.92 Å². The zero-order valence-corrected chi connectivity index (χ0v) is 16.2. The number of nitrogens with zero attached hydrogens (tertiary/aromatic N) is 4. The van der Waals surface area contributed by atoms with Gasteiger partial charge in [-0.2, -0.15) is 13.2 Å². The normalized spacial score (nSPS) is 19.2. The molecule has 0 amide bonds. The van der Waals surface area contributed by atoms with Crippen LogP contribution in [0.4, 0.5) is 13.2 Å². The van der Waals surface area contributed by atoms with Crippen LogP contribution in [-0.4, -0.2) is 25.0 Å². The van der Waals surface area contributed by atoms with Crippen LogP contribution in [0.2, 0.25) is 5.02 Å². The topological polar surface area (TPSA) is 76.5 Å². The third-order valence-corrected chi connectivity index (χ3v) is 5.66. The summed E-state index contributed by atoms with van der Waals surface area (Å²) >= 11 is 6.27. The Morgan fingerprint density at radius 3 is 2.79 bits per heavy atom. The lowest BCUT2D eigenvalue weighted by molar-refractivity contribution is -0.137. The largest absolute Gasteiger partial charge is 0.416 e. The Kier molecular flexibility index (Phi) is 4.72. The highest BCUT2D eigenvalue weighted by Gasteiger charge is 2.39. The Balaban J connectivity index is 1.73. The van der Waals surface area contributed by atoms with Gasteiger partial charge >= 0.3 is 6.18 Å². The molecule has 1 aliphatic heterocycles. The molecule has 1 N–H and O–H groups in total. The van der Waals surface area contributed by atoms with Gasteiger partial charge in [-0.15, -0.1) is 5.10 Å². The van der Waals surface area contributed by atoms with Gasteiger partial charge in [-0.1, -0.05) is 22.9 Å². The summed E-state index contributed by atoms with van der Waals surface area (Å²) in [4.78, 5) is 18.1. The lowest BCUT2D eigenvalue weighted by Gasteiger charge is -2.36. The third kappa shape index (κ3) is 3.55. The summed E-state index contributed by atoms with van der Waals surface area (Å²) in [5.74, 6) is 0. The van der Waals surface area contributed by atoms with Crippen LogP contribution in [0.1, 0.15) is 48.0 Å². The van der Waals surface area contributed by atoms with E-state index in [0.29, 0.717) is 29.8 Å². The van der Waals surface area contributed by atoms with Crippen molar-refractivity contribution >= 4 is 11.6 Å². The number of halogens is 4. The first-order valence-corrected chi connectivity index (χ1v) is 9.41. The number of rotatable bonds is 3. The maximum absolute atomic E-state index is 13.0. The molecule has 29 heavy (non-hydrogen) atoms. The van der Waals surface area contributed by atoms with Crippen molar-refractivity contribution in [3.8, 4) is 0 Å². The molecule has 0 bridgehead atoms. The summed E-state index contributed by atoms with van der Waals surface area (Å²) in [7, 11) is 0. The second-order valence-electron chi connectivity index (χ2n) is 7.29. The average molecular weight is 424 g/mol. The number of hydrogen-bond acceptors (Lipinski definition) is 4. The number of aromatic nitrogens is 5. The van der Waals surface area contributed by atoms with Gasteiger partial charge in [-0.25, -0.2) is 9.67 Å². The van der Waals surface area contributed by atoms with E-state index in [1.165, 1.54) is 18.5 Å². The summed E-state index contributed by atoms with van der Waals surface area (Å²) in [5.41, 5.74) is 0.939. The maximum atomic E-state index is 13.0. The standard InChI is InChI=1S/C19H17ClF3N5O/c1-18(13-5-4-11(7-14(13)20)19(21,22)23)6-2-3-16-15(26-27-28(16)18)8-12-9-17(29)25-10-24-12/h4-5,7,9-10H,2-3,6,8H2,1H3,(H,24,25,29). The maximum Gasteiger partial charge on any atom is 0.416 e. The quantitative estimate of drug-likeness (QED) is 0.696. The molecule has 0 saturated heterocycles. The number of hydrogen-bond donors (Lipinski definition) is 1. The lowest BCUT2D eigenvalue weighted by atomic mass is 9.83. The van der Waals surface area contributed by atoms with Gasteiger partial charge in [0.05, 0.1) is 34.5 Å². The molecule has 1 aromatic carbocycles. The molecule has 0 spiro atoms. The van der Waals surface area contributed by atoms with Crippen LogP contribution in [0.3, 0.4) is 0 Å². The second kappa shape index (κ2) is 6.98. The van der Waals surface area contributed by atoms with E-state index >= 15 is 0 Å². The van der Waals surface area contributed by atoms with E-state index in [-0.39, 0.29) is 10.6 Å². The Morgan fingerprint density at radius 2 is 2.10 bits per heavy atom. The van der Waals surface area contributed by atoms with Crippen LogP contribution < -0.4 is 5.56 Å². The van der Waals surface area contributed by atoms with E-state index in [4.69, 9.17) is 11.6 Å². The van der Waals surface area contributed by atoms with E-state index < -0.39 is 17.3 Å². The molecule has 1 unspecified atom stereocenters. The number of alkyl halides is 3. The van der Waals surface area contributed by atoms with Gasteiger partial charge in [0.1, 0.15) is 0 Å². The first-order valence-electron chi connectivity index (χ1n) is 9.03. The summed E-state index contributed by atoms with van der Waals surface area (Å²) in [6, 6.07) is 4.81. The predicted octanol–water partition coefficient (Wildman–Crippen LogP) is 3.72. The van der Waals surface area contributed by atoms with Crippen molar-refractivity contribution in [2.45, 2.75) is 44.3 Å². The SMILES string of the molecule is CC1(c2ccc(C(F)(F)F)cc2Cl)CCCc2c(Cc3cc(=O)[nH]cn3)nnn21. The monoisotopic (exact) mass is 423 g/mol. The number of fused-ring (bicyclic) bond motifs is 1. The van der Waals surface area contributed by atoms with E-state index in [0.717, 1.165) is 30.7 Å². The molecule has 152 valence electrons. The second-order valence-corrected chi connectivity index (χ2v) is 7.70. The Labute approximate surface area is 168 Å². The molecule has 1 aliphatic rings. The van der Waals surface area contributed by atoms with Crippen molar-refractivity contribution in [3.63, 3.8) is 0 Å². The minimum atomic E-state index is -4.46. The van der Waals surface area contributed by atoms with Crippen molar-refractivity contribution in [1.29, 1.82) is 0 Å². The fourth-order valence-electron chi connectivity index (χ4n) is 3.88. The van der Waals surface area contributed by atoms with Crippen LogP contribution in [-0.2, 0) is 24.6 Å². The molecular formula is C19H17ClF3N5O. The van der Waals surface area contributed by atoms with Crippen LogP contribution in [0, 0.1) is 0 Å².